The van der Waals surface area contributed by atoms with Crippen molar-refractivity contribution in [2.45, 2.75) is 56.7 Å². The van der Waals surface area contributed by atoms with Gasteiger partial charge in [0, 0.05) is 6.42 Å². The third-order valence-corrected chi connectivity index (χ3v) is 4.75. The van der Waals surface area contributed by atoms with Crippen molar-refractivity contribution < 1.29 is 9.90 Å². The van der Waals surface area contributed by atoms with Crippen LogP contribution in [-0.4, -0.2) is 27.6 Å². The number of hydrogen-bond donors (Lipinski definition) is 1. The second kappa shape index (κ2) is 4.07. The zero-order valence-corrected chi connectivity index (χ0v) is 11.6. The van der Waals surface area contributed by atoms with E-state index in [1.54, 1.807) is 0 Å². The second-order valence-corrected chi connectivity index (χ2v) is 6.37. The first-order valence-corrected chi connectivity index (χ1v) is 7.05. The highest BCUT2D eigenvalue weighted by Crippen LogP contribution is 2.51. The Kier molecular flexibility index (Phi) is 2.72. The molecule has 2 saturated heterocycles. The maximum Gasteiger partial charge on any atom is 0.223 e. The average Bonchev–Trinajstić information content (AvgIpc) is 2.90. The summed E-state index contributed by atoms with van der Waals surface area (Å²) < 4.78 is 0. The largest absolute Gasteiger partial charge is 0.388 e. The van der Waals surface area contributed by atoms with Crippen LogP contribution in [0.3, 0.4) is 0 Å². The van der Waals surface area contributed by atoms with E-state index in [9.17, 15) is 9.90 Å². The van der Waals surface area contributed by atoms with E-state index in [2.05, 4.69) is 12.1 Å². The molecule has 0 unspecified atom stereocenters. The molecule has 2 aliphatic heterocycles. The van der Waals surface area contributed by atoms with Crippen LogP contribution in [-0.2, 0) is 10.3 Å². The highest BCUT2D eigenvalue weighted by molar-refractivity contribution is 5.81. The summed E-state index contributed by atoms with van der Waals surface area (Å²) >= 11 is 0. The molecule has 1 N–H and O–H groups in total. The van der Waals surface area contributed by atoms with Crippen molar-refractivity contribution >= 4 is 5.91 Å². The molecule has 3 nitrogen and oxygen atoms in total. The van der Waals surface area contributed by atoms with Crippen LogP contribution in [0.5, 0.6) is 0 Å². The van der Waals surface area contributed by atoms with Gasteiger partial charge in [0.1, 0.15) is 0 Å². The molecule has 0 saturated carbocycles. The number of hydrogen-bond acceptors (Lipinski definition) is 2. The molecule has 0 radical (unpaired) electrons. The Morgan fingerprint density at radius 2 is 1.95 bits per heavy atom. The Balaban J connectivity index is 2.05. The van der Waals surface area contributed by atoms with Gasteiger partial charge in [-0.05, 0) is 38.7 Å². The molecule has 1 aromatic rings. The van der Waals surface area contributed by atoms with E-state index >= 15 is 0 Å². The van der Waals surface area contributed by atoms with Crippen LogP contribution in [0.25, 0.3) is 0 Å². The van der Waals surface area contributed by atoms with Gasteiger partial charge in [-0.2, -0.15) is 0 Å². The Hall–Kier alpha value is -1.35. The molecular weight excluding hydrogens is 238 g/mol. The third kappa shape index (κ3) is 1.79. The van der Waals surface area contributed by atoms with E-state index < -0.39 is 5.60 Å². The van der Waals surface area contributed by atoms with Crippen LogP contribution in [0.1, 0.15) is 45.1 Å². The predicted octanol–water partition coefficient (Wildman–Crippen LogP) is 2.44. The quantitative estimate of drug-likeness (QED) is 0.886. The van der Waals surface area contributed by atoms with Gasteiger partial charge in [-0.25, -0.2) is 0 Å². The minimum Gasteiger partial charge on any atom is -0.388 e. The fourth-order valence-electron chi connectivity index (χ4n) is 3.86. The lowest BCUT2D eigenvalue weighted by Crippen LogP contribution is -2.51. The first kappa shape index (κ1) is 12.7. The number of fused-ring (bicyclic) bond motifs is 1. The van der Waals surface area contributed by atoms with Crippen LogP contribution >= 0.6 is 0 Å². The topological polar surface area (TPSA) is 40.5 Å². The van der Waals surface area contributed by atoms with E-state index in [4.69, 9.17) is 0 Å². The maximum absolute atomic E-state index is 12.3. The number of benzene rings is 1. The number of rotatable bonds is 2. The lowest BCUT2D eigenvalue weighted by atomic mass is 9.86. The average molecular weight is 259 g/mol. The van der Waals surface area contributed by atoms with Crippen molar-refractivity contribution in [3.63, 3.8) is 0 Å². The summed E-state index contributed by atoms with van der Waals surface area (Å²) in [6.45, 7) is 3.62. The number of carbonyl (C=O) groups is 1. The Labute approximate surface area is 114 Å². The molecule has 2 atom stereocenters. The smallest absolute Gasteiger partial charge is 0.223 e. The standard InChI is InChI=1S/C16H21NO2/c1-15(2,19)13-8-10-16(11-9-14(18)17(13)16)12-6-4-3-5-7-12/h3-7,13,19H,8-11H2,1-2H3/t13-,16-/m1/s1. The van der Waals surface area contributed by atoms with Gasteiger partial charge in [0.2, 0.25) is 5.91 Å². The van der Waals surface area contributed by atoms with E-state index in [0.29, 0.717) is 6.42 Å². The number of carbonyl (C=O) groups excluding carboxylic acids is 1. The summed E-state index contributed by atoms with van der Waals surface area (Å²) in [6.07, 6.45) is 3.31. The summed E-state index contributed by atoms with van der Waals surface area (Å²) in [7, 11) is 0. The van der Waals surface area contributed by atoms with E-state index in [1.165, 1.54) is 5.56 Å². The van der Waals surface area contributed by atoms with Gasteiger partial charge in [-0.1, -0.05) is 30.3 Å². The fourth-order valence-corrected chi connectivity index (χ4v) is 3.86. The number of amides is 1. The molecule has 3 heteroatoms. The molecule has 2 aliphatic rings. The summed E-state index contributed by atoms with van der Waals surface area (Å²) in [6, 6.07) is 10.2. The molecule has 2 fully saturated rings. The molecule has 1 aromatic carbocycles. The Bertz CT molecular complexity index is 491. The summed E-state index contributed by atoms with van der Waals surface area (Å²) in [5.74, 6) is 0.188. The minimum absolute atomic E-state index is 0.0669. The summed E-state index contributed by atoms with van der Waals surface area (Å²) in [4.78, 5) is 14.3. The van der Waals surface area contributed by atoms with Crippen LogP contribution in [0.2, 0.25) is 0 Å². The first-order valence-electron chi connectivity index (χ1n) is 7.05. The zero-order chi connectivity index (χ0) is 13.7. The van der Waals surface area contributed by atoms with E-state index in [0.717, 1.165) is 19.3 Å². The van der Waals surface area contributed by atoms with Gasteiger partial charge in [0.05, 0.1) is 17.2 Å². The molecule has 19 heavy (non-hydrogen) atoms. The van der Waals surface area contributed by atoms with Crippen LogP contribution in [0, 0.1) is 0 Å². The van der Waals surface area contributed by atoms with Gasteiger partial charge >= 0.3 is 0 Å². The molecule has 0 spiro atoms. The van der Waals surface area contributed by atoms with Gasteiger partial charge in [0.25, 0.3) is 0 Å². The Morgan fingerprint density at radius 3 is 2.58 bits per heavy atom. The van der Waals surface area contributed by atoms with Crippen molar-refractivity contribution in [1.82, 2.24) is 4.90 Å². The lowest BCUT2D eigenvalue weighted by molar-refractivity contribution is -0.137. The van der Waals surface area contributed by atoms with Crippen molar-refractivity contribution in [1.29, 1.82) is 0 Å². The van der Waals surface area contributed by atoms with Gasteiger partial charge in [-0.3, -0.25) is 4.79 Å². The van der Waals surface area contributed by atoms with E-state index in [-0.39, 0.29) is 17.5 Å². The SMILES string of the molecule is CC(C)(O)[C@H]1CC[C@]2(c3ccccc3)CCC(=O)N12. The Morgan fingerprint density at radius 1 is 1.26 bits per heavy atom. The van der Waals surface area contributed by atoms with Crippen LogP contribution in [0.15, 0.2) is 30.3 Å². The molecule has 0 bridgehead atoms. The number of nitrogens with zero attached hydrogens (tertiary/aromatic N) is 1. The van der Waals surface area contributed by atoms with Crippen molar-refractivity contribution in [3.05, 3.63) is 35.9 Å². The van der Waals surface area contributed by atoms with Crippen LogP contribution in [0.4, 0.5) is 0 Å². The summed E-state index contributed by atoms with van der Waals surface area (Å²) in [5.41, 5.74) is 0.201. The predicted molar refractivity (Wildman–Crippen MR) is 73.5 cm³/mol. The molecule has 3 rings (SSSR count). The molecule has 0 aromatic heterocycles. The normalized spacial score (nSPS) is 30.8. The first-order chi connectivity index (χ1) is 8.95. The monoisotopic (exact) mass is 259 g/mol. The molecule has 0 aliphatic carbocycles. The minimum atomic E-state index is -0.837. The highest BCUT2D eigenvalue weighted by Gasteiger charge is 2.56. The maximum atomic E-state index is 12.3. The van der Waals surface area contributed by atoms with Gasteiger partial charge < -0.3 is 10.0 Å². The fraction of sp³-hybridized carbons (Fsp3) is 0.562. The van der Waals surface area contributed by atoms with Crippen LogP contribution < -0.4 is 0 Å². The molecule has 2 heterocycles. The lowest BCUT2D eigenvalue weighted by Gasteiger charge is -2.40. The molecule has 1 amide bonds. The van der Waals surface area contributed by atoms with E-state index in [1.807, 2.05) is 36.9 Å². The van der Waals surface area contributed by atoms with Crippen molar-refractivity contribution in [2.24, 2.45) is 0 Å². The zero-order valence-electron chi connectivity index (χ0n) is 11.6. The van der Waals surface area contributed by atoms with Gasteiger partial charge in [0.15, 0.2) is 0 Å². The van der Waals surface area contributed by atoms with Gasteiger partial charge in [-0.15, -0.1) is 0 Å². The molecule has 102 valence electrons. The highest BCUT2D eigenvalue weighted by atomic mass is 16.3. The van der Waals surface area contributed by atoms with Crippen molar-refractivity contribution in [2.75, 3.05) is 0 Å². The summed E-state index contributed by atoms with van der Waals surface area (Å²) in [5, 5.41) is 10.3. The van der Waals surface area contributed by atoms with Crippen molar-refractivity contribution in [3.8, 4) is 0 Å². The molecular formula is C16H21NO2. The third-order valence-electron chi connectivity index (χ3n) is 4.75. The number of aliphatic hydroxyl groups is 1. The second-order valence-electron chi connectivity index (χ2n) is 6.37.